The van der Waals surface area contributed by atoms with E-state index in [1.54, 1.807) is 0 Å². The van der Waals surface area contributed by atoms with Gasteiger partial charge in [0.1, 0.15) is 12.4 Å². The molecule has 0 aliphatic heterocycles. The molecule has 0 unspecified atom stereocenters. The van der Waals surface area contributed by atoms with Gasteiger partial charge in [0.25, 0.3) is 0 Å². The van der Waals surface area contributed by atoms with Crippen molar-refractivity contribution < 1.29 is 27.8 Å². The first-order valence-electron chi connectivity index (χ1n) is 12.4. The summed E-state index contributed by atoms with van der Waals surface area (Å²) in [6.45, 7) is 0.585. The number of carbonyl (C=O) groups is 1. The van der Waals surface area contributed by atoms with Crippen molar-refractivity contribution in [3.05, 3.63) is 65.7 Å². The molecule has 190 valence electrons. The number of para-hydroxylation sites is 1. The van der Waals surface area contributed by atoms with Crippen molar-refractivity contribution in [1.82, 2.24) is 4.72 Å². The Morgan fingerprint density at radius 1 is 1.03 bits per heavy atom. The van der Waals surface area contributed by atoms with Crippen molar-refractivity contribution in [2.75, 3.05) is 13.7 Å². The summed E-state index contributed by atoms with van der Waals surface area (Å²) in [7, 11) is -2.12. The van der Waals surface area contributed by atoms with Crippen LogP contribution >= 0.6 is 0 Å². The fourth-order valence-corrected chi connectivity index (χ4v) is 6.70. The minimum Gasteiger partial charge on any atom is -0.489 e. The van der Waals surface area contributed by atoms with Crippen molar-refractivity contribution in [2.45, 2.75) is 68.8 Å². The summed E-state index contributed by atoms with van der Waals surface area (Å²) in [6.07, 6.45) is 4.28. The largest absolute Gasteiger partial charge is 0.489 e. The average Bonchev–Trinajstić information content (AvgIpc) is 3.34. The van der Waals surface area contributed by atoms with E-state index in [9.17, 15) is 18.3 Å². The second-order valence-corrected chi connectivity index (χ2v) is 12.0. The fourth-order valence-electron chi connectivity index (χ4n) is 5.40. The maximum atomic E-state index is 12.2. The molecule has 2 atom stereocenters. The summed E-state index contributed by atoms with van der Waals surface area (Å²) in [5.74, 6) is 0.310. The molecule has 2 saturated carbocycles. The molecule has 7 nitrogen and oxygen atoms in total. The van der Waals surface area contributed by atoms with E-state index in [4.69, 9.17) is 9.47 Å². The number of hydrogen-bond donors (Lipinski definition) is 2. The number of rotatable bonds is 10. The molecule has 0 spiro atoms. The molecule has 2 aromatic carbocycles. The van der Waals surface area contributed by atoms with E-state index in [0.717, 1.165) is 37.0 Å². The summed E-state index contributed by atoms with van der Waals surface area (Å²) in [6, 6.07) is 18.3. The molecule has 0 saturated heterocycles. The second kappa shape index (κ2) is 11.1. The molecule has 0 bridgehead atoms. The molecule has 0 aromatic heterocycles. The normalized spacial score (nSPS) is 26.9. The van der Waals surface area contributed by atoms with Crippen molar-refractivity contribution >= 4 is 16.0 Å². The van der Waals surface area contributed by atoms with Crippen molar-refractivity contribution in [3.8, 4) is 5.75 Å². The zero-order valence-electron chi connectivity index (χ0n) is 20.2. The van der Waals surface area contributed by atoms with Crippen molar-refractivity contribution in [1.29, 1.82) is 0 Å². The van der Waals surface area contributed by atoms with E-state index >= 15 is 0 Å². The van der Waals surface area contributed by atoms with E-state index in [0.29, 0.717) is 25.4 Å². The predicted octanol–water partition coefficient (Wildman–Crippen LogP) is 4.48. The minimum atomic E-state index is -3.49. The van der Waals surface area contributed by atoms with Crippen LogP contribution in [-0.4, -0.2) is 44.5 Å². The van der Waals surface area contributed by atoms with Gasteiger partial charge in [-0.1, -0.05) is 48.5 Å². The summed E-state index contributed by atoms with van der Waals surface area (Å²) in [4.78, 5) is 12.1. The number of carboxylic acids is 1. The van der Waals surface area contributed by atoms with Gasteiger partial charge in [-0.2, -0.15) is 0 Å². The molecule has 2 aromatic rings. The molecular weight excluding hydrogens is 466 g/mol. The highest BCUT2D eigenvalue weighted by Crippen LogP contribution is 2.43. The van der Waals surface area contributed by atoms with Crippen LogP contribution in [-0.2, 0) is 26.2 Å². The Bertz CT molecular complexity index is 1100. The zero-order valence-corrected chi connectivity index (χ0v) is 21.0. The Kier molecular flexibility index (Phi) is 8.14. The highest BCUT2D eigenvalue weighted by atomic mass is 32.2. The Labute approximate surface area is 207 Å². The lowest BCUT2D eigenvalue weighted by Crippen LogP contribution is -2.38. The maximum Gasteiger partial charge on any atom is 0.312 e. The van der Waals surface area contributed by atoms with Gasteiger partial charge in [-0.05, 0) is 75.1 Å². The van der Waals surface area contributed by atoms with E-state index < -0.39 is 26.7 Å². The Balaban J connectivity index is 1.32. The van der Waals surface area contributed by atoms with Crippen LogP contribution in [0.15, 0.2) is 54.6 Å². The number of ether oxygens (including phenoxy) is 2. The summed E-state index contributed by atoms with van der Waals surface area (Å²) >= 11 is 0. The average molecular weight is 502 g/mol. The lowest BCUT2D eigenvalue weighted by Gasteiger charge is -2.32. The third-order valence-electron chi connectivity index (χ3n) is 7.61. The van der Waals surface area contributed by atoms with Gasteiger partial charge in [-0.3, -0.25) is 4.79 Å². The standard InChI is InChI=1S/C27H35NO6S/c1-28-35(31,32)23-15-16-27(17-23,26(29)30)19-34-22-13-11-21(12-14-22)24-9-5-6-10-25(24)33-18-20-7-3-2-4-8-20/h2-10,21-23,28H,11-19H2,1H3,(H,29,30)/t21?,22?,23-,27-/m0/s1. The molecule has 35 heavy (non-hydrogen) atoms. The van der Waals surface area contributed by atoms with E-state index in [1.807, 2.05) is 36.4 Å². The van der Waals surface area contributed by atoms with Crippen molar-refractivity contribution in [3.63, 3.8) is 0 Å². The number of aliphatic carboxylic acids is 1. The van der Waals surface area contributed by atoms with Crippen LogP contribution in [0, 0.1) is 5.41 Å². The van der Waals surface area contributed by atoms with Gasteiger partial charge in [-0.25, -0.2) is 13.1 Å². The van der Waals surface area contributed by atoms with Gasteiger partial charge in [0.05, 0.1) is 23.4 Å². The van der Waals surface area contributed by atoms with Crippen LogP contribution in [0.4, 0.5) is 0 Å². The molecule has 2 aliphatic carbocycles. The number of sulfonamides is 1. The van der Waals surface area contributed by atoms with Gasteiger partial charge < -0.3 is 14.6 Å². The first-order chi connectivity index (χ1) is 16.8. The van der Waals surface area contributed by atoms with E-state index in [1.165, 1.54) is 12.6 Å². The van der Waals surface area contributed by atoms with Gasteiger partial charge >= 0.3 is 5.97 Å². The van der Waals surface area contributed by atoms with Gasteiger partial charge in [0.2, 0.25) is 10.0 Å². The first-order valence-corrected chi connectivity index (χ1v) is 13.9. The van der Waals surface area contributed by atoms with Gasteiger partial charge in [0.15, 0.2) is 0 Å². The Hall–Kier alpha value is -2.42. The lowest BCUT2D eigenvalue weighted by molar-refractivity contribution is -0.154. The molecule has 2 N–H and O–H groups in total. The third-order valence-corrected chi connectivity index (χ3v) is 9.45. The van der Waals surface area contributed by atoms with E-state index in [-0.39, 0.29) is 19.1 Å². The highest BCUT2D eigenvalue weighted by Gasteiger charge is 2.49. The van der Waals surface area contributed by atoms with Crippen LogP contribution in [0.5, 0.6) is 5.75 Å². The summed E-state index contributed by atoms with van der Waals surface area (Å²) in [5, 5.41) is 9.21. The summed E-state index contributed by atoms with van der Waals surface area (Å²) in [5.41, 5.74) is 1.20. The summed E-state index contributed by atoms with van der Waals surface area (Å²) < 4.78 is 39.0. The second-order valence-electron chi connectivity index (χ2n) is 9.80. The first kappa shape index (κ1) is 25.7. The number of hydrogen-bond acceptors (Lipinski definition) is 5. The molecule has 4 rings (SSSR count). The molecule has 0 heterocycles. The molecular formula is C27H35NO6S. The SMILES string of the molecule is CNS(=O)(=O)[C@H]1CC[C@](COC2CCC(c3ccccc3OCc3ccccc3)CC2)(C(=O)O)C1. The highest BCUT2D eigenvalue weighted by molar-refractivity contribution is 7.90. The molecule has 2 fully saturated rings. The molecule has 8 heteroatoms. The van der Waals surface area contributed by atoms with Crippen LogP contribution in [0.1, 0.15) is 62.0 Å². The molecule has 2 aliphatic rings. The number of benzene rings is 2. The predicted molar refractivity (Wildman–Crippen MR) is 134 cm³/mol. The molecule has 0 radical (unpaired) electrons. The van der Waals surface area contributed by atoms with Gasteiger partial charge in [-0.15, -0.1) is 0 Å². The Morgan fingerprint density at radius 2 is 1.71 bits per heavy atom. The van der Waals surface area contributed by atoms with Gasteiger partial charge in [0, 0.05) is 0 Å². The van der Waals surface area contributed by atoms with Crippen LogP contribution in [0.25, 0.3) is 0 Å². The quantitative estimate of drug-likeness (QED) is 0.498. The van der Waals surface area contributed by atoms with Crippen LogP contribution < -0.4 is 9.46 Å². The number of nitrogens with one attached hydrogen (secondary N) is 1. The third kappa shape index (κ3) is 6.05. The zero-order chi connectivity index (χ0) is 24.9. The topological polar surface area (TPSA) is 102 Å². The maximum absolute atomic E-state index is 12.2. The smallest absolute Gasteiger partial charge is 0.312 e. The number of carboxylic acid groups (broad SMARTS) is 1. The Morgan fingerprint density at radius 3 is 2.40 bits per heavy atom. The molecule has 0 amide bonds. The lowest BCUT2D eigenvalue weighted by atomic mass is 9.82. The van der Waals surface area contributed by atoms with Crippen LogP contribution in [0.2, 0.25) is 0 Å². The van der Waals surface area contributed by atoms with Crippen molar-refractivity contribution in [2.24, 2.45) is 5.41 Å². The fraction of sp³-hybridized carbons (Fsp3) is 0.519. The monoisotopic (exact) mass is 501 g/mol. The van der Waals surface area contributed by atoms with E-state index in [2.05, 4.69) is 22.9 Å². The van der Waals surface area contributed by atoms with Crippen LogP contribution in [0.3, 0.4) is 0 Å². The minimum absolute atomic E-state index is 0.0140.